The molecule has 3 heteroatoms. The van der Waals surface area contributed by atoms with E-state index in [1.54, 1.807) is 0 Å². The lowest BCUT2D eigenvalue weighted by atomic mass is 10.1. The van der Waals surface area contributed by atoms with E-state index in [1.165, 1.54) is 5.56 Å². The predicted octanol–water partition coefficient (Wildman–Crippen LogP) is 2.53. The molecule has 1 aromatic rings. The molecule has 1 aliphatic carbocycles. The highest BCUT2D eigenvalue weighted by Crippen LogP contribution is 2.47. The summed E-state index contributed by atoms with van der Waals surface area (Å²) in [6, 6.07) is 9.97. The molecule has 2 unspecified atom stereocenters. The number of ether oxygens (including phenoxy) is 1. The first-order chi connectivity index (χ1) is 6.83. The van der Waals surface area contributed by atoms with Crippen LogP contribution >= 0.6 is 11.6 Å². The van der Waals surface area contributed by atoms with E-state index >= 15 is 0 Å². The fourth-order valence-electron chi connectivity index (χ4n) is 1.68. The van der Waals surface area contributed by atoms with Gasteiger partial charge in [-0.2, -0.15) is 0 Å². The summed E-state index contributed by atoms with van der Waals surface area (Å²) in [6.07, 6.45) is 0.889. The van der Waals surface area contributed by atoms with Crippen LogP contribution in [-0.2, 0) is 9.53 Å². The number of halogens is 1. The van der Waals surface area contributed by atoms with E-state index < -0.39 is 0 Å². The maximum Gasteiger partial charge on any atom is 0.310 e. The molecule has 1 saturated carbocycles. The summed E-state index contributed by atoms with van der Waals surface area (Å²) in [7, 11) is 0. The van der Waals surface area contributed by atoms with E-state index in [0.29, 0.717) is 5.92 Å². The first-order valence-electron chi connectivity index (χ1n) is 4.60. The van der Waals surface area contributed by atoms with Gasteiger partial charge in [0.2, 0.25) is 0 Å². The van der Waals surface area contributed by atoms with Crippen LogP contribution in [0.3, 0.4) is 0 Å². The predicted molar refractivity (Wildman–Crippen MR) is 54.1 cm³/mol. The van der Waals surface area contributed by atoms with Crippen molar-refractivity contribution in [2.45, 2.75) is 12.3 Å². The fourth-order valence-corrected chi connectivity index (χ4v) is 1.79. The van der Waals surface area contributed by atoms with E-state index in [1.807, 2.05) is 30.3 Å². The summed E-state index contributed by atoms with van der Waals surface area (Å²) in [5, 5.41) is 0. The van der Waals surface area contributed by atoms with Gasteiger partial charge in [-0.3, -0.25) is 4.79 Å². The van der Waals surface area contributed by atoms with Crippen LogP contribution in [0.5, 0.6) is 0 Å². The number of carbonyl (C=O) groups excluding carboxylic acids is 1. The molecule has 1 aromatic carbocycles. The molecule has 0 spiro atoms. The van der Waals surface area contributed by atoms with Gasteiger partial charge in [0, 0.05) is 0 Å². The monoisotopic (exact) mass is 210 g/mol. The van der Waals surface area contributed by atoms with Crippen LogP contribution < -0.4 is 0 Å². The van der Waals surface area contributed by atoms with Gasteiger partial charge in [0.15, 0.2) is 6.07 Å². The Morgan fingerprint density at radius 1 is 1.43 bits per heavy atom. The molecular formula is C11H11ClO2. The normalized spacial score (nSPS) is 24.4. The zero-order valence-corrected chi connectivity index (χ0v) is 8.41. The van der Waals surface area contributed by atoms with Gasteiger partial charge in [-0.1, -0.05) is 41.9 Å². The summed E-state index contributed by atoms with van der Waals surface area (Å²) in [5.41, 5.74) is 1.21. The van der Waals surface area contributed by atoms with Gasteiger partial charge in [0.1, 0.15) is 0 Å². The fraction of sp³-hybridized carbons (Fsp3) is 0.364. The molecule has 0 saturated heterocycles. The summed E-state index contributed by atoms with van der Waals surface area (Å²) >= 11 is 5.32. The van der Waals surface area contributed by atoms with Gasteiger partial charge in [-0.15, -0.1) is 0 Å². The van der Waals surface area contributed by atoms with Crippen LogP contribution in [0.2, 0.25) is 0 Å². The second-order valence-corrected chi connectivity index (χ2v) is 3.65. The molecule has 0 radical (unpaired) electrons. The third-order valence-corrected chi connectivity index (χ3v) is 2.63. The van der Waals surface area contributed by atoms with Crippen molar-refractivity contribution in [2.24, 2.45) is 5.92 Å². The Labute approximate surface area is 87.8 Å². The average Bonchev–Trinajstić information content (AvgIpc) is 2.99. The first kappa shape index (κ1) is 9.53. The molecule has 1 fully saturated rings. The Kier molecular flexibility index (Phi) is 2.73. The Morgan fingerprint density at radius 3 is 2.79 bits per heavy atom. The molecule has 2 rings (SSSR count). The third kappa shape index (κ3) is 1.90. The van der Waals surface area contributed by atoms with Gasteiger partial charge in [-0.05, 0) is 17.9 Å². The molecule has 0 heterocycles. The van der Waals surface area contributed by atoms with Crippen molar-refractivity contribution in [3.05, 3.63) is 35.9 Å². The number of hydrogen-bond donors (Lipinski definition) is 0. The molecule has 2 atom stereocenters. The van der Waals surface area contributed by atoms with E-state index in [-0.39, 0.29) is 18.0 Å². The molecule has 0 aromatic heterocycles. The Morgan fingerprint density at radius 2 is 2.14 bits per heavy atom. The summed E-state index contributed by atoms with van der Waals surface area (Å²) in [5.74, 6) is 0.192. The average molecular weight is 211 g/mol. The van der Waals surface area contributed by atoms with Crippen molar-refractivity contribution in [1.82, 2.24) is 0 Å². The van der Waals surface area contributed by atoms with E-state index in [4.69, 9.17) is 16.3 Å². The highest BCUT2D eigenvalue weighted by Gasteiger charge is 2.44. The quantitative estimate of drug-likeness (QED) is 0.566. The third-order valence-electron chi connectivity index (χ3n) is 2.52. The zero-order valence-electron chi connectivity index (χ0n) is 7.65. The largest absolute Gasteiger partial charge is 0.449 e. The lowest BCUT2D eigenvalue weighted by Crippen LogP contribution is -2.06. The first-order valence-corrected chi connectivity index (χ1v) is 5.14. The smallest absolute Gasteiger partial charge is 0.310 e. The van der Waals surface area contributed by atoms with Crippen molar-refractivity contribution >= 4 is 17.6 Å². The molecule has 2 nitrogen and oxygen atoms in total. The number of esters is 1. The van der Waals surface area contributed by atoms with E-state index in [2.05, 4.69) is 0 Å². The van der Waals surface area contributed by atoms with Crippen molar-refractivity contribution in [3.8, 4) is 0 Å². The number of rotatable bonds is 3. The lowest BCUT2D eigenvalue weighted by Gasteiger charge is -1.99. The molecule has 0 amide bonds. The van der Waals surface area contributed by atoms with Crippen molar-refractivity contribution in [2.75, 3.05) is 6.07 Å². The van der Waals surface area contributed by atoms with Crippen LogP contribution in [0.15, 0.2) is 30.3 Å². The minimum absolute atomic E-state index is 0.0242. The topological polar surface area (TPSA) is 26.3 Å². The molecule has 14 heavy (non-hydrogen) atoms. The number of hydrogen-bond acceptors (Lipinski definition) is 2. The van der Waals surface area contributed by atoms with Gasteiger partial charge in [-0.25, -0.2) is 0 Å². The second kappa shape index (κ2) is 4.01. The van der Waals surface area contributed by atoms with E-state index in [9.17, 15) is 4.79 Å². The standard InChI is InChI=1S/C11H11ClO2/c12-7-14-11(13)10-6-9(10)8-4-2-1-3-5-8/h1-5,9-10H,6-7H2. The van der Waals surface area contributed by atoms with Crippen LogP contribution in [0, 0.1) is 5.92 Å². The van der Waals surface area contributed by atoms with Crippen LogP contribution in [-0.4, -0.2) is 12.0 Å². The summed E-state index contributed by atoms with van der Waals surface area (Å²) in [6.45, 7) is 0. The maximum absolute atomic E-state index is 11.3. The Balaban J connectivity index is 1.96. The lowest BCUT2D eigenvalue weighted by molar-refractivity contribution is -0.143. The second-order valence-electron chi connectivity index (χ2n) is 3.43. The number of benzene rings is 1. The number of alkyl halides is 1. The summed E-state index contributed by atoms with van der Waals surface area (Å²) in [4.78, 5) is 11.3. The van der Waals surface area contributed by atoms with Gasteiger partial charge < -0.3 is 4.74 Å². The highest BCUT2D eigenvalue weighted by molar-refractivity contribution is 6.17. The maximum atomic E-state index is 11.3. The molecule has 0 bridgehead atoms. The zero-order chi connectivity index (χ0) is 9.97. The Hall–Kier alpha value is -1.02. The Bertz CT molecular complexity index is 323. The van der Waals surface area contributed by atoms with Crippen LogP contribution in [0.4, 0.5) is 0 Å². The van der Waals surface area contributed by atoms with Crippen LogP contribution in [0.1, 0.15) is 17.9 Å². The van der Waals surface area contributed by atoms with Crippen molar-refractivity contribution < 1.29 is 9.53 Å². The van der Waals surface area contributed by atoms with Gasteiger partial charge >= 0.3 is 5.97 Å². The minimum Gasteiger partial charge on any atom is -0.449 e. The van der Waals surface area contributed by atoms with E-state index in [0.717, 1.165) is 6.42 Å². The minimum atomic E-state index is -0.172. The molecule has 0 aliphatic heterocycles. The molecular weight excluding hydrogens is 200 g/mol. The van der Waals surface area contributed by atoms with Crippen molar-refractivity contribution in [1.29, 1.82) is 0 Å². The SMILES string of the molecule is O=C(OCCl)C1CC1c1ccccc1. The van der Waals surface area contributed by atoms with Gasteiger partial charge in [0.05, 0.1) is 5.92 Å². The summed E-state index contributed by atoms with van der Waals surface area (Å²) < 4.78 is 4.74. The molecule has 1 aliphatic rings. The highest BCUT2D eigenvalue weighted by atomic mass is 35.5. The van der Waals surface area contributed by atoms with Crippen molar-refractivity contribution in [3.63, 3.8) is 0 Å². The van der Waals surface area contributed by atoms with Gasteiger partial charge in [0.25, 0.3) is 0 Å². The molecule has 74 valence electrons. The molecule has 0 N–H and O–H groups in total. The number of carbonyl (C=O) groups is 1. The van der Waals surface area contributed by atoms with Crippen LogP contribution in [0.25, 0.3) is 0 Å².